The van der Waals surface area contributed by atoms with E-state index in [4.69, 9.17) is 0 Å². The maximum Gasteiger partial charge on any atom is 0.287 e. The molecule has 34 heavy (non-hydrogen) atoms. The first-order valence-electron chi connectivity index (χ1n) is 11.0. The van der Waals surface area contributed by atoms with E-state index in [9.17, 15) is 18.0 Å². The monoisotopic (exact) mass is 469 g/mol. The van der Waals surface area contributed by atoms with Gasteiger partial charge in [0.2, 0.25) is 0 Å². The molecular formula is C23H22F3N7O. The molecule has 0 spiro atoms. The Labute approximate surface area is 192 Å². The number of aromatic nitrogens is 5. The fourth-order valence-corrected chi connectivity index (χ4v) is 4.37. The van der Waals surface area contributed by atoms with Gasteiger partial charge in [-0.05, 0) is 38.7 Å². The first kappa shape index (κ1) is 21.9. The third-order valence-electron chi connectivity index (χ3n) is 5.96. The van der Waals surface area contributed by atoms with E-state index < -0.39 is 17.5 Å². The van der Waals surface area contributed by atoms with Crippen molar-refractivity contribution in [2.75, 3.05) is 5.32 Å². The molecule has 0 saturated heterocycles. The number of anilines is 1. The van der Waals surface area contributed by atoms with Crippen LogP contribution in [0, 0.1) is 24.4 Å². The summed E-state index contributed by atoms with van der Waals surface area (Å²) in [5.74, 6) is -2.01. The topological polar surface area (TPSA) is 111 Å². The van der Waals surface area contributed by atoms with E-state index in [2.05, 4.69) is 35.6 Å². The van der Waals surface area contributed by atoms with Gasteiger partial charge in [0.1, 0.15) is 11.6 Å². The number of aryl methyl sites for hydroxylation is 1. The summed E-state index contributed by atoms with van der Waals surface area (Å²) in [5, 5.41) is 6.35. The van der Waals surface area contributed by atoms with Gasteiger partial charge in [-0.15, -0.1) is 0 Å². The van der Waals surface area contributed by atoms with Crippen LogP contribution in [-0.4, -0.2) is 42.9 Å². The zero-order chi connectivity index (χ0) is 23.8. The summed E-state index contributed by atoms with van der Waals surface area (Å²) in [6.45, 7) is 1.82. The predicted octanol–water partition coefficient (Wildman–Crippen LogP) is 4.23. The molecule has 0 radical (unpaired) electrons. The molecule has 5 rings (SSSR count). The lowest BCUT2D eigenvalue weighted by Gasteiger charge is -2.30. The molecule has 1 saturated carbocycles. The summed E-state index contributed by atoms with van der Waals surface area (Å²) >= 11 is 0. The van der Waals surface area contributed by atoms with Crippen LogP contribution in [0.5, 0.6) is 0 Å². The molecular weight excluding hydrogens is 447 g/mol. The molecule has 1 aliphatic rings. The quantitative estimate of drug-likeness (QED) is 0.350. The van der Waals surface area contributed by atoms with Gasteiger partial charge < -0.3 is 20.6 Å². The maximum absolute atomic E-state index is 14.5. The maximum atomic E-state index is 14.5. The van der Waals surface area contributed by atoms with Crippen LogP contribution in [0.25, 0.3) is 22.3 Å². The molecule has 0 aliphatic heterocycles. The Morgan fingerprint density at radius 3 is 2.71 bits per heavy atom. The average Bonchev–Trinajstić information content (AvgIpc) is 3.42. The van der Waals surface area contributed by atoms with Crippen LogP contribution in [0.3, 0.4) is 0 Å². The summed E-state index contributed by atoms with van der Waals surface area (Å²) in [7, 11) is 0. The largest absolute Gasteiger partial charge is 0.365 e. The molecule has 4 aromatic rings. The summed E-state index contributed by atoms with van der Waals surface area (Å²) in [5.41, 5.74) is 1.28. The van der Waals surface area contributed by atoms with Gasteiger partial charge in [0.25, 0.3) is 5.91 Å². The van der Waals surface area contributed by atoms with Crippen molar-refractivity contribution in [1.29, 1.82) is 0 Å². The van der Waals surface area contributed by atoms with Crippen LogP contribution in [-0.2, 0) is 0 Å². The number of nitrogens with zero attached hydrogens (tertiary/aromatic N) is 3. The standard InChI is InChI=1S/C23H22F3N7O/c1-11-8-28-22(30-11)23(34)32-14-4-2-3-13(7-14)31-21-18(26)10-29-20(33-21)16-9-27-19-15(16)5-12(24)6-17(19)25/h5-6,8-10,13-14,27H,2-4,7H2,1H3,(H,28,30)(H,32,34)(H,29,31,33)/t13-,14+/m0/s1. The number of hydrogen-bond acceptors (Lipinski definition) is 5. The summed E-state index contributed by atoms with van der Waals surface area (Å²) in [6, 6.07) is 1.73. The van der Waals surface area contributed by atoms with E-state index in [0.29, 0.717) is 12.0 Å². The zero-order valence-corrected chi connectivity index (χ0v) is 18.3. The Morgan fingerprint density at radius 2 is 1.91 bits per heavy atom. The molecule has 1 fully saturated rings. The normalized spacial score (nSPS) is 18.2. The molecule has 4 N–H and O–H groups in total. The number of hydrogen-bond donors (Lipinski definition) is 4. The van der Waals surface area contributed by atoms with Crippen molar-refractivity contribution in [3.05, 3.63) is 59.7 Å². The minimum atomic E-state index is -0.735. The number of amides is 1. The highest BCUT2D eigenvalue weighted by Gasteiger charge is 2.26. The second kappa shape index (κ2) is 8.81. The Morgan fingerprint density at radius 1 is 1.09 bits per heavy atom. The van der Waals surface area contributed by atoms with Gasteiger partial charge in [-0.25, -0.2) is 28.1 Å². The lowest BCUT2D eigenvalue weighted by atomic mass is 9.91. The van der Waals surface area contributed by atoms with E-state index in [-0.39, 0.29) is 46.4 Å². The van der Waals surface area contributed by atoms with Gasteiger partial charge in [-0.1, -0.05) is 0 Å². The Kier molecular flexibility index (Phi) is 5.68. The number of rotatable bonds is 5. The third kappa shape index (κ3) is 4.33. The van der Waals surface area contributed by atoms with E-state index in [1.807, 2.05) is 6.92 Å². The van der Waals surface area contributed by atoms with Gasteiger partial charge in [0.05, 0.1) is 11.7 Å². The molecule has 1 amide bonds. The lowest BCUT2D eigenvalue weighted by Crippen LogP contribution is -2.42. The fourth-order valence-electron chi connectivity index (χ4n) is 4.37. The van der Waals surface area contributed by atoms with Crippen molar-refractivity contribution >= 4 is 22.6 Å². The van der Waals surface area contributed by atoms with Gasteiger partial charge in [-0.3, -0.25) is 4.79 Å². The molecule has 1 aromatic carbocycles. The summed E-state index contributed by atoms with van der Waals surface area (Å²) in [4.78, 5) is 30.4. The van der Waals surface area contributed by atoms with Crippen LogP contribution in [0.15, 0.2) is 30.7 Å². The number of aromatic amines is 2. The van der Waals surface area contributed by atoms with Crippen molar-refractivity contribution in [2.45, 2.75) is 44.7 Å². The van der Waals surface area contributed by atoms with Gasteiger partial charge >= 0.3 is 0 Å². The van der Waals surface area contributed by atoms with Crippen LogP contribution in [0.4, 0.5) is 19.0 Å². The minimum Gasteiger partial charge on any atom is -0.365 e. The highest BCUT2D eigenvalue weighted by Crippen LogP contribution is 2.30. The molecule has 8 nitrogen and oxygen atoms in total. The van der Waals surface area contributed by atoms with E-state index in [0.717, 1.165) is 37.2 Å². The Bertz CT molecular complexity index is 1370. The first-order valence-corrected chi connectivity index (χ1v) is 11.0. The minimum absolute atomic E-state index is 0.00476. The molecule has 0 bridgehead atoms. The van der Waals surface area contributed by atoms with Crippen molar-refractivity contribution < 1.29 is 18.0 Å². The number of fused-ring (bicyclic) bond motifs is 1. The summed E-state index contributed by atoms with van der Waals surface area (Å²) < 4.78 is 42.3. The van der Waals surface area contributed by atoms with Crippen molar-refractivity contribution in [2.24, 2.45) is 0 Å². The lowest BCUT2D eigenvalue weighted by molar-refractivity contribution is 0.0916. The molecule has 0 unspecified atom stereocenters. The number of carbonyl (C=O) groups excluding carboxylic acids is 1. The SMILES string of the molecule is Cc1cnc(C(=O)N[C@@H]2CCC[C@H](Nc3nc(-c4c[nH]c5c(F)cc(F)cc45)ncc3F)C2)[nH]1. The third-order valence-corrected chi connectivity index (χ3v) is 5.96. The Hall–Kier alpha value is -3.89. The van der Waals surface area contributed by atoms with Crippen molar-refractivity contribution in [3.8, 4) is 11.4 Å². The van der Waals surface area contributed by atoms with E-state index >= 15 is 0 Å². The molecule has 3 aromatic heterocycles. The van der Waals surface area contributed by atoms with Crippen LogP contribution < -0.4 is 10.6 Å². The van der Waals surface area contributed by atoms with Gasteiger partial charge in [0.15, 0.2) is 23.3 Å². The van der Waals surface area contributed by atoms with Crippen LogP contribution in [0.2, 0.25) is 0 Å². The molecule has 2 atom stereocenters. The molecule has 176 valence electrons. The van der Waals surface area contributed by atoms with Crippen molar-refractivity contribution in [3.63, 3.8) is 0 Å². The number of halogens is 3. The van der Waals surface area contributed by atoms with Gasteiger partial charge in [0, 0.05) is 47.2 Å². The smallest absolute Gasteiger partial charge is 0.287 e. The number of nitrogens with one attached hydrogen (secondary N) is 4. The number of benzene rings is 1. The fraction of sp³-hybridized carbons (Fsp3) is 0.304. The highest BCUT2D eigenvalue weighted by atomic mass is 19.1. The number of carbonyl (C=O) groups is 1. The summed E-state index contributed by atoms with van der Waals surface area (Å²) in [6.07, 6.45) is 7.06. The van der Waals surface area contributed by atoms with Crippen LogP contribution in [0.1, 0.15) is 42.0 Å². The van der Waals surface area contributed by atoms with E-state index in [1.165, 1.54) is 12.3 Å². The first-order chi connectivity index (χ1) is 16.4. The number of imidazole rings is 1. The second-order valence-electron chi connectivity index (χ2n) is 8.50. The number of H-pyrrole nitrogens is 2. The van der Waals surface area contributed by atoms with Crippen LogP contribution >= 0.6 is 0 Å². The highest BCUT2D eigenvalue weighted by molar-refractivity contribution is 5.94. The molecule has 1 aliphatic carbocycles. The predicted molar refractivity (Wildman–Crippen MR) is 120 cm³/mol. The Balaban J connectivity index is 1.33. The zero-order valence-electron chi connectivity index (χ0n) is 18.3. The average molecular weight is 469 g/mol. The molecule has 11 heteroatoms. The van der Waals surface area contributed by atoms with Crippen molar-refractivity contribution in [1.82, 2.24) is 30.2 Å². The second-order valence-corrected chi connectivity index (χ2v) is 8.50. The van der Waals surface area contributed by atoms with E-state index in [1.54, 1.807) is 6.20 Å². The van der Waals surface area contributed by atoms with Gasteiger partial charge in [-0.2, -0.15) is 0 Å². The molecule has 3 heterocycles.